The molecule has 1 unspecified atom stereocenters. The molecule has 1 aliphatic carbocycles. The maximum absolute atomic E-state index is 4.71. The molecule has 1 aliphatic rings. The van der Waals surface area contributed by atoms with Gasteiger partial charge in [0.15, 0.2) is 0 Å². The van der Waals surface area contributed by atoms with Gasteiger partial charge in [0.2, 0.25) is 0 Å². The zero-order chi connectivity index (χ0) is 14.1. The van der Waals surface area contributed by atoms with Crippen molar-refractivity contribution in [2.45, 2.75) is 31.8 Å². The first-order valence-corrected chi connectivity index (χ1v) is 8.37. The molecule has 0 aliphatic heterocycles. The number of nitrogens with zero attached hydrogens (tertiary/aromatic N) is 1. The summed E-state index contributed by atoms with van der Waals surface area (Å²) in [4.78, 5) is 4.71. The van der Waals surface area contributed by atoms with Crippen molar-refractivity contribution in [3.05, 3.63) is 64.7 Å². The van der Waals surface area contributed by atoms with Crippen molar-refractivity contribution in [3.8, 4) is 0 Å². The van der Waals surface area contributed by atoms with Crippen LogP contribution in [0.4, 0.5) is 0 Å². The number of aromatic nitrogens is 1. The number of para-hydroxylation sites is 1. The lowest BCUT2D eigenvalue weighted by molar-refractivity contribution is 0.459. The lowest BCUT2D eigenvalue weighted by atomic mass is 9.88. The molecule has 0 bridgehead atoms. The van der Waals surface area contributed by atoms with Gasteiger partial charge in [-0.2, -0.15) is 0 Å². The average molecular weight is 294 g/mol. The highest BCUT2D eigenvalue weighted by atomic mass is 32.1. The van der Waals surface area contributed by atoms with Gasteiger partial charge >= 0.3 is 0 Å². The third-order valence-electron chi connectivity index (χ3n) is 4.21. The molecule has 2 aromatic carbocycles. The first-order valence-electron chi connectivity index (χ1n) is 7.56. The summed E-state index contributed by atoms with van der Waals surface area (Å²) in [6.07, 6.45) is 3.71. The highest BCUT2D eigenvalue weighted by molar-refractivity contribution is 7.18. The first kappa shape index (κ1) is 13.0. The van der Waals surface area contributed by atoms with Crippen LogP contribution in [-0.4, -0.2) is 4.98 Å². The van der Waals surface area contributed by atoms with Gasteiger partial charge in [-0.15, -0.1) is 11.3 Å². The van der Waals surface area contributed by atoms with E-state index in [2.05, 4.69) is 53.8 Å². The molecule has 3 heteroatoms. The minimum absolute atomic E-state index is 0.474. The zero-order valence-corrected chi connectivity index (χ0v) is 12.7. The van der Waals surface area contributed by atoms with Crippen molar-refractivity contribution in [3.63, 3.8) is 0 Å². The fourth-order valence-corrected chi connectivity index (χ4v) is 4.09. The molecule has 1 atom stereocenters. The molecular formula is C18H18N2S. The summed E-state index contributed by atoms with van der Waals surface area (Å²) in [7, 11) is 0. The van der Waals surface area contributed by atoms with E-state index in [1.54, 1.807) is 11.3 Å². The van der Waals surface area contributed by atoms with Crippen molar-refractivity contribution in [1.82, 2.24) is 10.3 Å². The van der Waals surface area contributed by atoms with Crippen LogP contribution in [0.2, 0.25) is 0 Å². The number of benzene rings is 2. The highest BCUT2D eigenvalue weighted by Crippen LogP contribution is 2.30. The van der Waals surface area contributed by atoms with Gasteiger partial charge in [-0.3, -0.25) is 0 Å². The number of fused-ring (bicyclic) bond motifs is 2. The van der Waals surface area contributed by atoms with Crippen molar-refractivity contribution >= 4 is 21.6 Å². The monoisotopic (exact) mass is 294 g/mol. The van der Waals surface area contributed by atoms with E-state index in [0.29, 0.717) is 6.04 Å². The first-order chi connectivity index (χ1) is 10.4. The Hall–Kier alpha value is -1.71. The van der Waals surface area contributed by atoms with E-state index >= 15 is 0 Å². The Morgan fingerprint density at radius 1 is 1.10 bits per heavy atom. The molecule has 0 radical (unpaired) electrons. The van der Waals surface area contributed by atoms with Crippen LogP contribution < -0.4 is 5.32 Å². The topological polar surface area (TPSA) is 24.9 Å². The van der Waals surface area contributed by atoms with Gasteiger partial charge in [-0.25, -0.2) is 4.98 Å². The molecule has 0 amide bonds. The van der Waals surface area contributed by atoms with Crippen LogP contribution in [0.3, 0.4) is 0 Å². The Labute approximate surface area is 128 Å². The lowest BCUT2D eigenvalue weighted by Gasteiger charge is -2.26. The van der Waals surface area contributed by atoms with Crippen molar-refractivity contribution < 1.29 is 0 Å². The van der Waals surface area contributed by atoms with Crippen molar-refractivity contribution in [1.29, 1.82) is 0 Å². The third-order valence-corrected chi connectivity index (χ3v) is 5.24. The fourth-order valence-electron chi connectivity index (χ4n) is 3.17. The molecule has 0 fully saturated rings. The van der Waals surface area contributed by atoms with Gasteiger partial charge in [-0.1, -0.05) is 36.4 Å². The fraction of sp³-hybridized carbons (Fsp3) is 0.278. The highest BCUT2D eigenvalue weighted by Gasteiger charge is 2.19. The Bertz CT molecular complexity index is 730. The molecule has 4 rings (SSSR count). The number of hydrogen-bond acceptors (Lipinski definition) is 3. The normalized spacial score (nSPS) is 17.8. The molecule has 1 heterocycles. The van der Waals surface area contributed by atoms with E-state index in [1.165, 1.54) is 40.1 Å². The van der Waals surface area contributed by atoms with Gasteiger partial charge in [-0.05, 0) is 42.5 Å². The smallest absolute Gasteiger partial charge is 0.108 e. The molecule has 0 spiro atoms. The largest absolute Gasteiger partial charge is 0.304 e. The number of nitrogens with one attached hydrogen (secondary N) is 1. The summed E-state index contributed by atoms with van der Waals surface area (Å²) in [5.74, 6) is 0. The number of thiazole rings is 1. The van der Waals surface area contributed by atoms with Gasteiger partial charge in [0.05, 0.1) is 10.2 Å². The van der Waals surface area contributed by atoms with E-state index in [1.807, 2.05) is 0 Å². The van der Waals surface area contributed by atoms with E-state index in [4.69, 9.17) is 4.98 Å². The Kier molecular flexibility index (Phi) is 3.45. The second kappa shape index (κ2) is 5.58. The Balaban J connectivity index is 1.52. The summed E-state index contributed by atoms with van der Waals surface area (Å²) < 4.78 is 1.28. The van der Waals surface area contributed by atoms with Crippen molar-refractivity contribution in [2.24, 2.45) is 0 Å². The van der Waals surface area contributed by atoms with E-state index in [0.717, 1.165) is 12.1 Å². The van der Waals surface area contributed by atoms with Crippen LogP contribution in [0.5, 0.6) is 0 Å². The number of aryl methyl sites for hydroxylation is 1. The molecule has 1 aromatic heterocycles. The quantitative estimate of drug-likeness (QED) is 0.771. The third kappa shape index (κ3) is 2.59. The van der Waals surface area contributed by atoms with E-state index in [9.17, 15) is 0 Å². The van der Waals surface area contributed by atoms with Gasteiger partial charge < -0.3 is 5.32 Å². The number of hydrogen-bond donors (Lipinski definition) is 1. The zero-order valence-electron chi connectivity index (χ0n) is 11.9. The Morgan fingerprint density at radius 3 is 2.90 bits per heavy atom. The summed E-state index contributed by atoms with van der Waals surface area (Å²) in [5.41, 5.74) is 4.10. The van der Waals surface area contributed by atoms with Gasteiger partial charge in [0, 0.05) is 12.6 Å². The van der Waals surface area contributed by atoms with Crippen LogP contribution in [-0.2, 0) is 13.0 Å². The van der Waals surface area contributed by atoms with Gasteiger partial charge in [0.1, 0.15) is 5.01 Å². The predicted octanol–water partition coefficient (Wildman–Crippen LogP) is 4.46. The van der Waals surface area contributed by atoms with Crippen LogP contribution >= 0.6 is 11.3 Å². The minimum Gasteiger partial charge on any atom is -0.304 e. The SMILES string of the molecule is c1ccc2c(c1)CCCC2NCc1nc2ccccc2s1. The lowest BCUT2D eigenvalue weighted by Crippen LogP contribution is -2.24. The van der Waals surface area contributed by atoms with E-state index in [-0.39, 0.29) is 0 Å². The standard InChI is InChI=1S/C18H18N2S/c1-2-8-14-13(6-1)7-5-10-15(14)19-12-18-20-16-9-3-4-11-17(16)21-18/h1-4,6,8-9,11,15,19H,5,7,10,12H2. The van der Waals surface area contributed by atoms with Crippen LogP contribution in [0.25, 0.3) is 10.2 Å². The van der Waals surface area contributed by atoms with Crippen LogP contribution in [0, 0.1) is 0 Å². The molecule has 3 aromatic rings. The Morgan fingerprint density at radius 2 is 1.95 bits per heavy atom. The second-order valence-corrected chi connectivity index (χ2v) is 6.72. The van der Waals surface area contributed by atoms with Gasteiger partial charge in [0.25, 0.3) is 0 Å². The van der Waals surface area contributed by atoms with Crippen molar-refractivity contribution in [2.75, 3.05) is 0 Å². The molecule has 2 nitrogen and oxygen atoms in total. The summed E-state index contributed by atoms with van der Waals surface area (Å²) >= 11 is 1.79. The molecular weight excluding hydrogens is 276 g/mol. The molecule has 1 N–H and O–H groups in total. The number of rotatable bonds is 3. The summed E-state index contributed by atoms with van der Waals surface area (Å²) in [6, 6.07) is 17.7. The summed E-state index contributed by atoms with van der Waals surface area (Å²) in [6.45, 7) is 0.859. The van der Waals surface area contributed by atoms with E-state index < -0.39 is 0 Å². The molecule has 106 valence electrons. The molecule has 21 heavy (non-hydrogen) atoms. The maximum atomic E-state index is 4.71. The maximum Gasteiger partial charge on any atom is 0.108 e. The van der Waals surface area contributed by atoms with Crippen LogP contribution in [0.1, 0.15) is 35.0 Å². The minimum atomic E-state index is 0.474. The summed E-state index contributed by atoms with van der Waals surface area (Å²) in [5, 5.41) is 4.88. The second-order valence-electron chi connectivity index (χ2n) is 5.60. The van der Waals surface area contributed by atoms with Crippen LogP contribution in [0.15, 0.2) is 48.5 Å². The average Bonchev–Trinajstić information content (AvgIpc) is 2.96. The molecule has 0 saturated carbocycles. The predicted molar refractivity (Wildman–Crippen MR) is 88.6 cm³/mol. The molecule has 0 saturated heterocycles.